The summed E-state index contributed by atoms with van der Waals surface area (Å²) < 4.78 is 0. The fraction of sp³-hybridized carbons (Fsp3) is 0.125. The first-order valence-electron chi connectivity index (χ1n) is 3.27. The Labute approximate surface area is 64.7 Å². The van der Waals surface area contributed by atoms with Crippen LogP contribution in [0.1, 0.15) is 5.56 Å². The van der Waals surface area contributed by atoms with Gasteiger partial charge in [-0.05, 0) is 17.7 Å². The molecule has 3 heteroatoms. The Morgan fingerprint density at radius 3 is 2.45 bits per heavy atom. The summed E-state index contributed by atoms with van der Waals surface area (Å²) in [5, 5.41) is 11.2. The molecule has 0 saturated carbocycles. The molecule has 2 N–H and O–H groups in total. The van der Waals surface area contributed by atoms with E-state index in [-0.39, 0.29) is 6.61 Å². The van der Waals surface area contributed by atoms with Crippen LogP contribution < -0.4 is 5.32 Å². The van der Waals surface area contributed by atoms with Gasteiger partial charge >= 0.3 is 0 Å². The molecule has 0 fully saturated rings. The van der Waals surface area contributed by atoms with Crippen molar-refractivity contribution in [1.29, 1.82) is 0 Å². The highest BCUT2D eigenvalue weighted by Crippen LogP contribution is 2.07. The van der Waals surface area contributed by atoms with Crippen LogP contribution in [0.25, 0.3) is 0 Å². The monoisotopic (exact) mass is 151 g/mol. The molecule has 1 aromatic rings. The Kier molecular flexibility index (Phi) is 2.63. The van der Waals surface area contributed by atoms with Crippen LogP contribution >= 0.6 is 0 Å². The average Bonchev–Trinajstić information content (AvgIpc) is 2.07. The minimum atomic E-state index is 0.0291. The van der Waals surface area contributed by atoms with Crippen LogP contribution in [0.15, 0.2) is 24.3 Å². The number of hydrogen-bond donors (Lipinski definition) is 2. The van der Waals surface area contributed by atoms with Gasteiger partial charge in [0.2, 0.25) is 6.41 Å². The molecule has 0 aliphatic rings. The number of anilines is 1. The maximum Gasteiger partial charge on any atom is 0.211 e. The normalized spacial score (nSPS) is 9.18. The standard InChI is InChI=1S/C8H9NO2/c10-5-7-1-3-8(4-2-7)9-6-11/h1-4,6,10H,5H2,(H,9,11). The molecule has 1 amide bonds. The van der Waals surface area contributed by atoms with Crippen LogP contribution in [-0.2, 0) is 11.4 Å². The van der Waals surface area contributed by atoms with Crippen LogP contribution in [0.5, 0.6) is 0 Å². The van der Waals surface area contributed by atoms with Crippen molar-refractivity contribution in [3.8, 4) is 0 Å². The zero-order valence-electron chi connectivity index (χ0n) is 5.95. The largest absolute Gasteiger partial charge is 0.392 e. The molecule has 1 aromatic carbocycles. The smallest absolute Gasteiger partial charge is 0.211 e. The molecule has 0 atom stereocenters. The predicted octanol–water partition coefficient (Wildman–Crippen LogP) is 0.747. The van der Waals surface area contributed by atoms with Crippen molar-refractivity contribution < 1.29 is 9.90 Å². The van der Waals surface area contributed by atoms with Crippen molar-refractivity contribution in [2.75, 3.05) is 5.32 Å². The summed E-state index contributed by atoms with van der Waals surface area (Å²) in [7, 11) is 0. The van der Waals surface area contributed by atoms with Crippen LogP contribution in [0, 0.1) is 0 Å². The molecule has 0 saturated heterocycles. The quantitative estimate of drug-likeness (QED) is 0.626. The molecule has 0 spiro atoms. The Hall–Kier alpha value is -1.35. The third kappa shape index (κ3) is 2.05. The fourth-order valence-corrected chi connectivity index (χ4v) is 0.774. The third-order valence-electron chi connectivity index (χ3n) is 1.36. The van der Waals surface area contributed by atoms with Crippen LogP contribution in [0.2, 0.25) is 0 Å². The summed E-state index contributed by atoms with van der Waals surface area (Å²) in [6, 6.07) is 6.98. The highest BCUT2D eigenvalue weighted by molar-refractivity contribution is 5.70. The minimum absolute atomic E-state index is 0.0291. The first kappa shape index (κ1) is 7.75. The number of hydrogen-bond acceptors (Lipinski definition) is 2. The molecule has 0 unspecified atom stereocenters. The Morgan fingerprint density at radius 1 is 1.36 bits per heavy atom. The van der Waals surface area contributed by atoms with Gasteiger partial charge in [0, 0.05) is 5.69 Å². The van der Waals surface area contributed by atoms with Gasteiger partial charge in [-0.25, -0.2) is 0 Å². The predicted molar refractivity (Wildman–Crippen MR) is 42.1 cm³/mol. The maximum atomic E-state index is 9.97. The van der Waals surface area contributed by atoms with E-state index in [2.05, 4.69) is 5.32 Å². The maximum absolute atomic E-state index is 9.97. The summed E-state index contributed by atoms with van der Waals surface area (Å²) in [5.41, 5.74) is 1.57. The van der Waals surface area contributed by atoms with Gasteiger partial charge in [0.05, 0.1) is 6.61 Å². The number of rotatable bonds is 3. The van der Waals surface area contributed by atoms with Crippen molar-refractivity contribution in [2.24, 2.45) is 0 Å². The lowest BCUT2D eigenvalue weighted by Crippen LogP contribution is -1.93. The number of nitrogens with one attached hydrogen (secondary N) is 1. The molecular formula is C8H9NO2. The lowest BCUT2D eigenvalue weighted by Gasteiger charge is -1.98. The fourth-order valence-electron chi connectivity index (χ4n) is 0.774. The summed E-state index contributed by atoms with van der Waals surface area (Å²) in [6.07, 6.45) is 0.619. The molecule has 1 rings (SSSR count). The number of carbonyl (C=O) groups excluding carboxylic acids is 1. The van der Waals surface area contributed by atoms with E-state index in [0.717, 1.165) is 11.3 Å². The van der Waals surface area contributed by atoms with E-state index in [0.29, 0.717) is 6.41 Å². The van der Waals surface area contributed by atoms with Crippen molar-refractivity contribution in [3.63, 3.8) is 0 Å². The van der Waals surface area contributed by atoms with Crippen LogP contribution in [-0.4, -0.2) is 11.5 Å². The Balaban J connectivity index is 2.74. The van der Waals surface area contributed by atoms with Gasteiger partial charge in [-0.1, -0.05) is 12.1 Å². The number of aliphatic hydroxyl groups is 1. The SMILES string of the molecule is O=CNc1ccc(CO)cc1. The topological polar surface area (TPSA) is 49.3 Å². The zero-order valence-corrected chi connectivity index (χ0v) is 5.95. The molecule has 0 aliphatic heterocycles. The molecule has 58 valence electrons. The highest BCUT2D eigenvalue weighted by Gasteiger charge is 1.90. The second kappa shape index (κ2) is 3.73. The van der Waals surface area contributed by atoms with Gasteiger partial charge < -0.3 is 10.4 Å². The lowest BCUT2D eigenvalue weighted by molar-refractivity contribution is -0.105. The van der Waals surface area contributed by atoms with Crippen LogP contribution in [0.3, 0.4) is 0 Å². The summed E-state index contributed by atoms with van der Waals surface area (Å²) in [4.78, 5) is 9.97. The van der Waals surface area contributed by atoms with Crippen molar-refractivity contribution in [2.45, 2.75) is 6.61 Å². The number of aliphatic hydroxyl groups excluding tert-OH is 1. The highest BCUT2D eigenvalue weighted by atomic mass is 16.3. The lowest BCUT2D eigenvalue weighted by atomic mass is 10.2. The summed E-state index contributed by atoms with van der Waals surface area (Å²) in [5.74, 6) is 0. The summed E-state index contributed by atoms with van der Waals surface area (Å²) >= 11 is 0. The van der Waals surface area contributed by atoms with Gasteiger partial charge in [-0.2, -0.15) is 0 Å². The van der Waals surface area contributed by atoms with E-state index in [9.17, 15) is 4.79 Å². The van der Waals surface area contributed by atoms with E-state index in [4.69, 9.17) is 5.11 Å². The number of amides is 1. The average molecular weight is 151 g/mol. The minimum Gasteiger partial charge on any atom is -0.392 e. The van der Waals surface area contributed by atoms with Gasteiger partial charge in [0.25, 0.3) is 0 Å². The van der Waals surface area contributed by atoms with Gasteiger partial charge in [-0.3, -0.25) is 4.79 Å². The molecule has 0 aliphatic carbocycles. The van der Waals surface area contributed by atoms with Crippen molar-refractivity contribution in [1.82, 2.24) is 0 Å². The number of benzene rings is 1. The Bertz CT molecular complexity index is 230. The molecule has 0 bridgehead atoms. The second-order valence-electron chi connectivity index (χ2n) is 2.12. The van der Waals surface area contributed by atoms with Crippen molar-refractivity contribution >= 4 is 12.1 Å². The second-order valence-corrected chi connectivity index (χ2v) is 2.12. The van der Waals surface area contributed by atoms with Gasteiger partial charge in [0.15, 0.2) is 0 Å². The first-order chi connectivity index (χ1) is 5.36. The van der Waals surface area contributed by atoms with Crippen molar-refractivity contribution in [3.05, 3.63) is 29.8 Å². The van der Waals surface area contributed by atoms with E-state index < -0.39 is 0 Å². The first-order valence-corrected chi connectivity index (χ1v) is 3.27. The molecule has 0 aromatic heterocycles. The summed E-state index contributed by atoms with van der Waals surface area (Å²) in [6.45, 7) is 0.0291. The number of carbonyl (C=O) groups is 1. The van der Waals surface area contributed by atoms with Gasteiger partial charge in [-0.15, -0.1) is 0 Å². The Morgan fingerprint density at radius 2 is 2.00 bits per heavy atom. The van der Waals surface area contributed by atoms with Gasteiger partial charge in [0.1, 0.15) is 0 Å². The van der Waals surface area contributed by atoms with Crippen LogP contribution in [0.4, 0.5) is 5.69 Å². The molecule has 11 heavy (non-hydrogen) atoms. The van der Waals surface area contributed by atoms with E-state index in [1.807, 2.05) is 0 Å². The molecular weight excluding hydrogens is 142 g/mol. The van der Waals surface area contributed by atoms with E-state index in [1.54, 1.807) is 24.3 Å². The zero-order chi connectivity index (χ0) is 8.10. The third-order valence-corrected chi connectivity index (χ3v) is 1.36. The molecule has 3 nitrogen and oxygen atoms in total. The van der Waals surface area contributed by atoms with E-state index >= 15 is 0 Å². The van der Waals surface area contributed by atoms with E-state index in [1.165, 1.54) is 0 Å². The molecule has 0 radical (unpaired) electrons. The molecule has 0 heterocycles.